The van der Waals surface area contributed by atoms with Crippen LogP contribution in [0, 0.1) is 11.6 Å². The van der Waals surface area contributed by atoms with Crippen LogP contribution in [-0.4, -0.2) is 25.1 Å². The number of Topliss-reactive ketones (excluding diaryl/α,β-unsaturated/α-hetero) is 1. The van der Waals surface area contributed by atoms with Gasteiger partial charge in [0.05, 0.1) is 25.4 Å². The molecule has 0 unspecified atom stereocenters. The second-order valence-electron chi connectivity index (χ2n) is 5.81. The van der Waals surface area contributed by atoms with Crippen molar-refractivity contribution in [3.63, 3.8) is 0 Å². The Morgan fingerprint density at radius 1 is 0.960 bits per heavy atom. The van der Waals surface area contributed by atoms with Gasteiger partial charge in [-0.2, -0.15) is 0 Å². The summed E-state index contributed by atoms with van der Waals surface area (Å²) < 4.78 is 35.9. The fraction of sp³-hybridized carbons (Fsp3) is 0.316. The maximum Gasteiger partial charge on any atom is 0.162 e. The minimum absolute atomic E-state index is 0.0933. The van der Waals surface area contributed by atoms with E-state index in [1.165, 1.54) is 59.3 Å². The van der Waals surface area contributed by atoms with Crippen molar-refractivity contribution in [3.05, 3.63) is 59.2 Å². The first-order valence-corrected chi connectivity index (χ1v) is 7.51. The highest BCUT2D eigenvalue weighted by atomic mass is 19.1. The zero-order chi connectivity index (χ0) is 19.2. The van der Waals surface area contributed by atoms with Gasteiger partial charge in [-0.15, -0.1) is 0 Å². The number of carbonyl (C=O) groups is 1. The number of hydrogen-bond acceptors (Lipinski definition) is 4. The van der Waals surface area contributed by atoms with E-state index < -0.39 is 17.2 Å². The molecule has 6 heteroatoms. The predicted octanol–water partition coefficient (Wildman–Crippen LogP) is 4.10. The van der Waals surface area contributed by atoms with Crippen LogP contribution in [0.4, 0.5) is 8.78 Å². The number of hydrogen-bond donors (Lipinski definition) is 1. The van der Waals surface area contributed by atoms with Crippen molar-refractivity contribution in [1.82, 2.24) is 0 Å². The van der Waals surface area contributed by atoms with Gasteiger partial charge < -0.3 is 14.6 Å². The van der Waals surface area contributed by atoms with Crippen LogP contribution in [0.2, 0.25) is 0 Å². The van der Waals surface area contributed by atoms with Crippen molar-refractivity contribution in [2.45, 2.75) is 26.4 Å². The van der Waals surface area contributed by atoms with Gasteiger partial charge in [0.15, 0.2) is 5.78 Å². The van der Waals surface area contributed by atoms with Crippen molar-refractivity contribution < 1.29 is 28.2 Å². The molecule has 1 N–H and O–H groups in total. The number of methoxy groups -OCH3 is 2. The third-order valence-electron chi connectivity index (χ3n) is 3.39. The van der Waals surface area contributed by atoms with E-state index in [2.05, 4.69) is 0 Å². The Morgan fingerprint density at radius 2 is 1.44 bits per heavy atom. The minimum Gasteiger partial charge on any atom is -0.497 e. The molecule has 0 saturated heterocycles. The first-order chi connectivity index (χ1) is 11.6. The van der Waals surface area contributed by atoms with E-state index in [1.54, 1.807) is 12.1 Å². The van der Waals surface area contributed by atoms with Gasteiger partial charge in [-0.1, -0.05) is 0 Å². The van der Waals surface area contributed by atoms with Gasteiger partial charge in [0.25, 0.3) is 0 Å². The summed E-state index contributed by atoms with van der Waals surface area (Å²) in [6, 6.07) is 8.56. The summed E-state index contributed by atoms with van der Waals surface area (Å²) in [7, 11) is 2.92. The van der Waals surface area contributed by atoms with Crippen LogP contribution >= 0.6 is 0 Å². The molecule has 0 aliphatic carbocycles. The molecule has 4 nitrogen and oxygen atoms in total. The number of halogens is 2. The lowest BCUT2D eigenvalue weighted by atomic mass is 9.98. The summed E-state index contributed by atoms with van der Waals surface area (Å²) in [5, 5.41) is 9.55. The van der Waals surface area contributed by atoms with E-state index in [9.17, 15) is 18.7 Å². The van der Waals surface area contributed by atoms with Crippen LogP contribution in [0.1, 0.15) is 36.7 Å². The Morgan fingerprint density at radius 3 is 1.80 bits per heavy atom. The fourth-order valence-electron chi connectivity index (χ4n) is 2.03. The van der Waals surface area contributed by atoms with Gasteiger partial charge in [0.2, 0.25) is 0 Å². The Balaban J connectivity index is 0.000000251. The predicted molar refractivity (Wildman–Crippen MR) is 91.2 cm³/mol. The molecule has 25 heavy (non-hydrogen) atoms. The molecule has 2 aromatic rings. The summed E-state index contributed by atoms with van der Waals surface area (Å²) in [6.45, 7) is 4.40. The van der Waals surface area contributed by atoms with Gasteiger partial charge in [0, 0.05) is 17.7 Å². The molecule has 2 rings (SSSR count). The van der Waals surface area contributed by atoms with E-state index in [1.807, 2.05) is 0 Å². The molecule has 136 valence electrons. The van der Waals surface area contributed by atoms with Gasteiger partial charge in [0.1, 0.15) is 23.1 Å². The Kier molecular flexibility index (Phi) is 7.06. The van der Waals surface area contributed by atoms with E-state index >= 15 is 0 Å². The standard InChI is InChI=1S/C10H13FO2.C9H9FO2/c1-10(2,12)8-5-4-7(13-3)6-9(8)11;1-6(11)8-4-3-7(12-2)5-9(8)10/h4-6,12H,1-3H3;3-5H,1-2H3. The van der Waals surface area contributed by atoms with Crippen LogP contribution in [0.5, 0.6) is 11.5 Å². The molecule has 0 aliphatic heterocycles. The number of benzene rings is 2. The average molecular weight is 352 g/mol. The highest BCUT2D eigenvalue weighted by Crippen LogP contribution is 2.25. The van der Waals surface area contributed by atoms with E-state index in [4.69, 9.17) is 9.47 Å². The largest absolute Gasteiger partial charge is 0.497 e. The molecule has 0 amide bonds. The molecular weight excluding hydrogens is 330 g/mol. The molecule has 0 fully saturated rings. The van der Waals surface area contributed by atoms with Gasteiger partial charge in [-0.3, -0.25) is 4.79 Å². The highest BCUT2D eigenvalue weighted by Gasteiger charge is 2.20. The maximum atomic E-state index is 13.3. The second-order valence-corrected chi connectivity index (χ2v) is 5.81. The van der Waals surface area contributed by atoms with Crippen molar-refractivity contribution in [3.8, 4) is 11.5 Å². The molecular formula is C19H22F2O4. The van der Waals surface area contributed by atoms with Gasteiger partial charge in [-0.05, 0) is 45.0 Å². The second kappa shape index (κ2) is 8.58. The van der Waals surface area contributed by atoms with Crippen molar-refractivity contribution in [2.24, 2.45) is 0 Å². The molecule has 0 saturated carbocycles. The summed E-state index contributed by atoms with van der Waals surface area (Å²) in [5.74, 6) is -0.410. The van der Waals surface area contributed by atoms with Crippen molar-refractivity contribution in [1.29, 1.82) is 0 Å². The van der Waals surface area contributed by atoms with Crippen molar-refractivity contribution >= 4 is 5.78 Å². The lowest BCUT2D eigenvalue weighted by Gasteiger charge is -2.18. The summed E-state index contributed by atoms with van der Waals surface area (Å²) in [5.41, 5.74) is -0.791. The van der Waals surface area contributed by atoms with Crippen LogP contribution in [0.25, 0.3) is 0 Å². The summed E-state index contributed by atoms with van der Waals surface area (Å²) in [4.78, 5) is 10.8. The molecule has 0 bridgehead atoms. The highest BCUT2D eigenvalue weighted by molar-refractivity contribution is 5.94. The number of ether oxygens (including phenoxy) is 2. The number of aliphatic hydroxyl groups is 1. The van der Waals surface area contributed by atoms with Crippen molar-refractivity contribution in [2.75, 3.05) is 14.2 Å². The lowest BCUT2D eigenvalue weighted by Crippen LogP contribution is -2.17. The van der Waals surface area contributed by atoms with Crippen LogP contribution in [0.3, 0.4) is 0 Å². The summed E-state index contributed by atoms with van der Waals surface area (Å²) in [6.07, 6.45) is 0. The monoisotopic (exact) mass is 352 g/mol. The van der Waals surface area contributed by atoms with Gasteiger partial charge in [-0.25, -0.2) is 8.78 Å². The van der Waals surface area contributed by atoms with Gasteiger partial charge >= 0.3 is 0 Å². The molecule has 0 spiro atoms. The first-order valence-electron chi connectivity index (χ1n) is 7.51. The normalized spacial score (nSPS) is 10.6. The van der Waals surface area contributed by atoms with Crippen LogP contribution in [0.15, 0.2) is 36.4 Å². The SMILES string of the molecule is COc1ccc(C(C)(C)O)c(F)c1.COc1ccc(C(C)=O)c(F)c1. The zero-order valence-corrected chi connectivity index (χ0v) is 14.9. The van der Waals surface area contributed by atoms with Crippen LogP contribution in [-0.2, 0) is 5.60 Å². The van der Waals surface area contributed by atoms with E-state index in [0.29, 0.717) is 11.5 Å². The Hall–Kier alpha value is -2.47. The Labute approximate surface area is 146 Å². The van der Waals surface area contributed by atoms with E-state index in [0.717, 1.165) is 0 Å². The first kappa shape index (κ1) is 20.6. The molecule has 0 atom stereocenters. The average Bonchev–Trinajstić information content (AvgIpc) is 2.53. The quantitative estimate of drug-likeness (QED) is 0.842. The number of rotatable bonds is 4. The zero-order valence-electron chi connectivity index (χ0n) is 14.9. The summed E-state index contributed by atoms with van der Waals surface area (Å²) >= 11 is 0. The smallest absolute Gasteiger partial charge is 0.162 e. The molecule has 0 heterocycles. The minimum atomic E-state index is -1.16. The topological polar surface area (TPSA) is 55.8 Å². The molecule has 2 aromatic carbocycles. The fourth-order valence-corrected chi connectivity index (χ4v) is 2.03. The lowest BCUT2D eigenvalue weighted by molar-refractivity contribution is 0.0744. The Bertz CT molecular complexity index is 737. The molecule has 0 radical (unpaired) electrons. The van der Waals surface area contributed by atoms with Crippen LogP contribution < -0.4 is 9.47 Å². The third-order valence-corrected chi connectivity index (χ3v) is 3.39. The number of ketones is 1. The number of carbonyl (C=O) groups excluding carboxylic acids is 1. The molecule has 0 aromatic heterocycles. The maximum absolute atomic E-state index is 13.3. The van der Waals surface area contributed by atoms with E-state index in [-0.39, 0.29) is 16.9 Å². The molecule has 0 aliphatic rings. The third kappa shape index (κ3) is 5.83.